The molecule has 0 aromatic heterocycles. The van der Waals surface area contributed by atoms with E-state index in [4.69, 9.17) is 0 Å². The molecule has 0 aliphatic heterocycles. The van der Waals surface area contributed by atoms with E-state index in [0.29, 0.717) is 25.7 Å². The van der Waals surface area contributed by atoms with Crippen molar-refractivity contribution in [3.63, 3.8) is 0 Å². The summed E-state index contributed by atoms with van der Waals surface area (Å²) in [4.78, 5) is 22.2. The van der Waals surface area contributed by atoms with Crippen molar-refractivity contribution in [2.45, 2.75) is 31.3 Å². The van der Waals surface area contributed by atoms with Gasteiger partial charge in [0.05, 0.1) is 25.7 Å². The second kappa shape index (κ2) is 5.86. The summed E-state index contributed by atoms with van der Waals surface area (Å²) < 4.78 is 9.09. The number of amides is 1. The highest BCUT2D eigenvalue weighted by Crippen LogP contribution is 2.32. The van der Waals surface area contributed by atoms with Crippen LogP contribution in [0.15, 0.2) is 0 Å². The van der Waals surface area contributed by atoms with Crippen LogP contribution in [0.4, 0.5) is 4.79 Å². The smallest absolute Gasteiger partial charge is 0.406 e. The van der Waals surface area contributed by atoms with Crippen molar-refractivity contribution in [2.75, 3.05) is 20.8 Å². The van der Waals surface area contributed by atoms with Crippen molar-refractivity contribution in [1.29, 1.82) is 0 Å². The maximum absolute atomic E-state index is 11.3. The minimum atomic E-state index is -0.946. The van der Waals surface area contributed by atoms with E-state index in [9.17, 15) is 14.7 Å². The fraction of sp³-hybridized carbons (Fsp3) is 0.818. The number of methoxy groups -OCH3 is 2. The third-order valence-corrected chi connectivity index (χ3v) is 3.20. The Morgan fingerprint density at radius 2 is 1.88 bits per heavy atom. The number of alkyl carbamates (subject to hydrolysis) is 1. The zero-order valence-electron chi connectivity index (χ0n) is 10.2. The van der Waals surface area contributed by atoms with Gasteiger partial charge in [0.2, 0.25) is 0 Å². The normalized spacial score (nSPS) is 28.3. The first-order valence-corrected chi connectivity index (χ1v) is 5.63. The zero-order valence-corrected chi connectivity index (χ0v) is 10.2. The van der Waals surface area contributed by atoms with Crippen molar-refractivity contribution < 1.29 is 24.2 Å². The highest BCUT2D eigenvalue weighted by molar-refractivity contribution is 5.72. The fourth-order valence-electron chi connectivity index (χ4n) is 2.04. The van der Waals surface area contributed by atoms with Gasteiger partial charge in [-0.25, -0.2) is 4.79 Å². The number of rotatable bonds is 3. The molecular formula is C11H19NO5. The lowest BCUT2D eigenvalue weighted by molar-refractivity contribution is -0.148. The number of hydrogen-bond acceptors (Lipinski definition) is 5. The summed E-state index contributed by atoms with van der Waals surface area (Å²) in [6.07, 6.45) is 1.53. The van der Waals surface area contributed by atoms with Crippen molar-refractivity contribution >= 4 is 12.1 Å². The molecule has 1 aliphatic carbocycles. The van der Waals surface area contributed by atoms with E-state index in [2.05, 4.69) is 14.8 Å². The molecule has 0 unspecified atom stereocenters. The predicted octanol–water partition coefficient (Wildman–Crippen LogP) is 0.437. The molecule has 98 valence electrons. The van der Waals surface area contributed by atoms with Crippen molar-refractivity contribution in [3.8, 4) is 0 Å². The largest absolute Gasteiger partial charge is 0.469 e. The Labute approximate surface area is 100 Å². The number of esters is 1. The molecule has 1 saturated carbocycles. The standard InChI is InChI=1S/C11H19NO5/c1-16-9(13)8-3-5-11(15,6-4-8)7-12-10(14)17-2/h8,15H,3-7H2,1-2H3,(H,12,14). The summed E-state index contributed by atoms with van der Waals surface area (Å²) in [5.41, 5.74) is -0.946. The van der Waals surface area contributed by atoms with E-state index in [-0.39, 0.29) is 18.4 Å². The second-order valence-electron chi connectivity index (χ2n) is 4.37. The second-order valence-corrected chi connectivity index (χ2v) is 4.37. The maximum atomic E-state index is 11.3. The molecule has 17 heavy (non-hydrogen) atoms. The van der Waals surface area contributed by atoms with Crippen LogP contribution in [0.3, 0.4) is 0 Å². The van der Waals surface area contributed by atoms with E-state index < -0.39 is 11.7 Å². The maximum Gasteiger partial charge on any atom is 0.406 e. The lowest BCUT2D eigenvalue weighted by atomic mass is 9.79. The fourth-order valence-corrected chi connectivity index (χ4v) is 2.04. The summed E-state index contributed by atoms with van der Waals surface area (Å²) in [6, 6.07) is 0. The van der Waals surface area contributed by atoms with Crippen LogP contribution in [-0.4, -0.2) is 43.5 Å². The molecule has 1 rings (SSSR count). The highest BCUT2D eigenvalue weighted by atomic mass is 16.5. The lowest BCUT2D eigenvalue weighted by Gasteiger charge is -2.34. The average Bonchev–Trinajstić information content (AvgIpc) is 2.36. The van der Waals surface area contributed by atoms with Crippen LogP contribution in [0.5, 0.6) is 0 Å². The van der Waals surface area contributed by atoms with Crippen LogP contribution in [0.1, 0.15) is 25.7 Å². The Bertz CT molecular complexity index is 284. The number of hydrogen-bond donors (Lipinski definition) is 2. The van der Waals surface area contributed by atoms with E-state index >= 15 is 0 Å². The summed E-state index contributed by atoms with van der Waals surface area (Å²) in [7, 11) is 2.63. The molecule has 0 aromatic carbocycles. The molecular weight excluding hydrogens is 226 g/mol. The van der Waals surface area contributed by atoms with Crippen LogP contribution in [0, 0.1) is 5.92 Å². The van der Waals surface area contributed by atoms with E-state index in [1.807, 2.05) is 0 Å². The third-order valence-electron chi connectivity index (χ3n) is 3.20. The molecule has 1 aliphatic rings. The van der Waals surface area contributed by atoms with E-state index in [0.717, 1.165) is 0 Å². The quantitative estimate of drug-likeness (QED) is 0.705. The molecule has 6 heteroatoms. The first kappa shape index (κ1) is 13.8. The van der Waals surface area contributed by atoms with Crippen LogP contribution in [0.25, 0.3) is 0 Å². The Morgan fingerprint density at radius 1 is 1.29 bits per heavy atom. The van der Waals surface area contributed by atoms with Crippen molar-refractivity contribution in [2.24, 2.45) is 5.92 Å². The Balaban J connectivity index is 2.38. The lowest BCUT2D eigenvalue weighted by Crippen LogP contribution is -2.46. The average molecular weight is 245 g/mol. The summed E-state index contributed by atoms with van der Waals surface area (Å²) in [6.45, 7) is 0.146. The summed E-state index contributed by atoms with van der Waals surface area (Å²) in [5, 5.41) is 12.6. The van der Waals surface area contributed by atoms with Crippen molar-refractivity contribution in [1.82, 2.24) is 5.32 Å². The molecule has 0 atom stereocenters. The van der Waals surface area contributed by atoms with Gasteiger partial charge in [0, 0.05) is 6.54 Å². The number of nitrogens with one attached hydrogen (secondary N) is 1. The molecule has 0 bridgehead atoms. The zero-order chi connectivity index (χ0) is 12.9. The molecule has 0 spiro atoms. The molecule has 1 fully saturated rings. The molecule has 2 N–H and O–H groups in total. The SMILES string of the molecule is COC(=O)NCC1(O)CCC(C(=O)OC)CC1. The molecule has 1 amide bonds. The van der Waals surface area contributed by atoms with Crippen LogP contribution in [0.2, 0.25) is 0 Å². The molecule has 0 saturated heterocycles. The van der Waals surface area contributed by atoms with E-state index in [1.54, 1.807) is 0 Å². The minimum Gasteiger partial charge on any atom is -0.469 e. The molecule has 0 aromatic rings. The van der Waals surface area contributed by atoms with Gasteiger partial charge in [0.25, 0.3) is 0 Å². The monoisotopic (exact) mass is 245 g/mol. The van der Waals surface area contributed by atoms with Gasteiger partial charge in [-0.2, -0.15) is 0 Å². The predicted molar refractivity (Wildman–Crippen MR) is 59.3 cm³/mol. The van der Waals surface area contributed by atoms with Crippen LogP contribution in [-0.2, 0) is 14.3 Å². The van der Waals surface area contributed by atoms with Gasteiger partial charge in [-0.05, 0) is 25.7 Å². The Hall–Kier alpha value is -1.30. The molecule has 6 nitrogen and oxygen atoms in total. The van der Waals surface area contributed by atoms with Gasteiger partial charge >= 0.3 is 12.1 Å². The summed E-state index contributed by atoms with van der Waals surface area (Å²) in [5.74, 6) is -0.369. The summed E-state index contributed by atoms with van der Waals surface area (Å²) >= 11 is 0. The van der Waals surface area contributed by atoms with Crippen LogP contribution >= 0.6 is 0 Å². The topological polar surface area (TPSA) is 84.9 Å². The van der Waals surface area contributed by atoms with Gasteiger partial charge in [0.1, 0.15) is 0 Å². The number of carbonyl (C=O) groups is 2. The van der Waals surface area contributed by atoms with Gasteiger partial charge in [0.15, 0.2) is 0 Å². The first-order valence-electron chi connectivity index (χ1n) is 5.63. The number of aliphatic hydroxyl groups is 1. The van der Waals surface area contributed by atoms with Gasteiger partial charge < -0.3 is 19.9 Å². The third kappa shape index (κ3) is 3.89. The Morgan fingerprint density at radius 3 is 2.35 bits per heavy atom. The Kier molecular flexibility index (Phi) is 4.74. The van der Waals surface area contributed by atoms with E-state index in [1.165, 1.54) is 14.2 Å². The highest BCUT2D eigenvalue weighted by Gasteiger charge is 2.36. The van der Waals surface area contributed by atoms with Gasteiger partial charge in [-0.1, -0.05) is 0 Å². The first-order chi connectivity index (χ1) is 8.00. The number of ether oxygens (including phenoxy) is 2. The van der Waals surface area contributed by atoms with Gasteiger partial charge in [-0.3, -0.25) is 4.79 Å². The minimum absolute atomic E-state index is 0.140. The van der Waals surface area contributed by atoms with Crippen LogP contribution < -0.4 is 5.32 Å². The van der Waals surface area contributed by atoms with Gasteiger partial charge in [-0.15, -0.1) is 0 Å². The molecule has 0 radical (unpaired) electrons. The number of carbonyl (C=O) groups excluding carboxylic acids is 2. The van der Waals surface area contributed by atoms with Crippen molar-refractivity contribution in [3.05, 3.63) is 0 Å². The molecule has 0 heterocycles.